The molecule has 128 valence electrons. The fraction of sp³-hybridized carbons (Fsp3) is 0.556. The van der Waals surface area contributed by atoms with Crippen molar-refractivity contribution < 1.29 is 8.42 Å². The maximum atomic E-state index is 11.9. The average Bonchev–Trinajstić information content (AvgIpc) is 2.42. The highest BCUT2D eigenvalue weighted by Gasteiger charge is 2.36. The maximum Gasteiger partial charge on any atom is 0.175 e. The second-order valence-corrected chi connectivity index (χ2v) is 9.24. The van der Waals surface area contributed by atoms with E-state index in [9.17, 15) is 8.42 Å². The van der Waals surface area contributed by atoms with Gasteiger partial charge in [0.2, 0.25) is 0 Å². The minimum atomic E-state index is -3.24. The summed E-state index contributed by atoms with van der Waals surface area (Å²) in [5.41, 5.74) is 0.779. The van der Waals surface area contributed by atoms with E-state index in [4.69, 9.17) is 0 Å². The van der Waals surface area contributed by atoms with E-state index in [1.54, 1.807) is 24.5 Å². The zero-order valence-corrected chi connectivity index (χ0v) is 14.7. The van der Waals surface area contributed by atoms with E-state index in [2.05, 4.69) is 15.3 Å². The van der Waals surface area contributed by atoms with Crippen molar-refractivity contribution in [1.29, 1.82) is 0 Å². The Kier molecular flexibility index (Phi) is 3.95. The number of hydrogen-bond acceptors (Lipinski definition) is 5. The number of sulfone groups is 1. The lowest BCUT2D eigenvalue weighted by molar-refractivity contribution is 0.166. The van der Waals surface area contributed by atoms with Gasteiger partial charge in [-0.05, 0) is 55.7 Å². The Morgan fingerprint density at radius 2 is 1.75 bits per heavy atom. The van der Waals surface area contributed by atoms with Gasteiger partial charge in [-0.2, -0.15) is 0 Å². The second-order valence-electron chi connectivity index (χ2n) is 7.23. The largest absolute Gasteiger partial charge is 0.366 e. The van der Waals surface area contributed by atoms with Crippen LogP contribution in [0.25, 0.3) is 10.9 Å². The van der Waals surface area contributed by atoms with Crippen molar-refractivity contribution in [2.75, 3.05) is 11.6 Å². The molecule has 24 heavy (non-hydrogen) atoms. The number of nitrogens with one attached hydrogen (secondary N) is 1. The molecule has 1 aromatic carbocycles. The molecule has 0 bridgehead atoms. The van der Waals surface area contributed by atoms with Crippen molar-refractivity contribution >= 4 is 26.6 Å². The molecular weight excluding hydrogens is 322 g/mol. The Hall–Kier alpha value is -1.69. The van der Waals surface area contributed by atoms with Gasteiger partial charge in [-0.1, -0.05) is 12.8 Å². The van der Waals surface area contributed by atoms with E-state index >= 15 is 0 Å². The molecule has 2 aliphatic carbocycles. The number of anilines is 1. The summed E-state index contributed by atoms with van der Waals surface area (Å²) >= 11 is 0. The van der Waals surface area contributed by atoms with Crippen LogP contribution in [0, 0.1) is 11.8 Å². The van der Waals surface area contributed by atoms with Crippen molar-refractivity contribution in [3.05, 3.63) is 24.5 Å². The molecule has 6 heteroatoms. The highest BCUT2D eigenvalue weighted by Crippen LogP contribution is 2.41. The second kappa shape index (κ2) is 5.99. The zero-order chi connectivity index (χ0) is 16.7. The first-order valence-corrected chi connectivity index (χ1v) is 10.6. The van der Waals surface area contributed by atoms with E-state index in [0.717, 1.165) is 28.6 Å². The predicted octanol–water partition coefficient (Wildman–Crippen LogP) is 3.41. The summed E-state index contributed by atoms with van der Waals surface area (Å²) in [4.78, 5) is 9.04. The third-order valence-electron chi connectivity index (χ3n) is 5.65. The first kappa shape index (κ1) is 15.8. The number of hydrogen-bond donors (Lipinski definition) is 1. The SMILES string of the molecule is CS(=O)(=O)c1ccc2ncnc(NC(C3CCC3)C3CCC3)c2c1. The highest BCUT2D eigenvalue weighted by atomic mass is 32.2. The third kappa shape index (κ3) is 2.88. The monoisotopic (exact) mass is 345 g/mol. The summed E-state index contributed by atoms with van der Waals surface area (Å²) < 4.78 is 23.8. The molecule has 1 N–H and O–H groups in total. The van der Waals surface area contributed by atoms with Crippen LogP contribution in [0.2, 0.25) is 0 Å². The van der Waals surface area contributed by atoms with Gasteiger partial charge in [0.05, 0.1) is 10.4 Å². The van der Waals surface area contributed by atoms with E-state index in [1.165, 1.54) is 44.8 Å². The van der Waals surface area contributed by atoms with Crippen LogP contribution >= 0.6 is 0 Å². The van der Waals surface area contributed by atoms with Gasteiger partial charge >= 0.3 is 0 Å². The Labute approximate surface area is 142 Å². The van der Waals surface area contributed by atoms with E-state index < -0.39 is 9.84 Å². The molecule has 0 atom stereocenters. The van der Waals surface area contributed by atoms with Crippen LogP contribution in [0.4, 0.5) is 5.82 Å². The van der Waals surface area contributed by atoms with E-state index in [0.29, 0.717) is 10.9 Å². The Bertz CT molecular complexity index is 844. The smallest absolute Gasteiger partial charge is 0.175 e. The topological polar surface area (TPSA) is 72.0 Å². The Balaban J connectivity index is 1.71. The lowest BCUT2D eigenvalue weighted by atomic mass is 9.68. The molecule has 0 spiro atoms. The molecule has 5 nitrogen and oxygen atoms in total. The van der Waals surface area contributed by atoms with Crippen LogP contribution in [0.3, 0.4) is 0 Å². The molecule has 0 aliphatic heterocycles. The number of fused-ring (bicyclic) bond motifs is 1. The van der Waals surface area contributed by atoms with E-state index in [-0.39, 0.29) is 0 Å². The molecular formula is C18H23N3O2S. The normalized spacial score (nSPS) is 19.2. The van der Waals surface area contributed by atoms with Gasteiger partial charge in [-0.15, -0.1) is 0 Å². The fourth-order valence-corrected chi connectivity index (χ4v) is 4.40. The first-order chi connectivity index (χ1) is 11.5. The van der Waals surface area contributed by atoms with Crippen LogP contribution < -0.4 is 5.32 Å². The molecule has 4 rings (SSSR count). The lowest BCUT2D eigenvalue weighted by Crippen LogP contribution is -2.42. The number of rotatable bonds is 5. The van der Waals surface area contributed by atoms with Gasteiger partial charge < -0.3 is 5.32 Å². The first-order valence-electron chi connectivity index (χ1n) is 8.74. The van der Waals surface area contributed by atoms with Gasteiger partial charge in [-0.3, -0.25) is 0 Å². The Morgan fingerprint density at radius 3 is 2.29 bits per heavy atom. The van der Waals surface area contributed by atoms with Crippen molar-refractivity contribution in [2.45, 2.75) is 49.5 Å². The van der Waals surface area contributed by atoms with Crippen LogP contribution in [0.5, 0.6) is 0 Å². The van der Waals surface area contributed by atoms with Gasteiger partial charge in [0.1, 0.15) is 12.1 Å². The summed E-state index contributed by atoms with van der Waals surface area (Å²) in [6.45, 7) is 0. The molecule has 2 aliphatic rings. The molecule has 0 amide bonds. The van der Waals surface area contributed by atoms with E-state index in [1.807, 2.05) is 0 Å². The van der Waals surface area contributed by atoms with Crippen LogP contribution in [0.1, 0.15) is 38.5 Å². The third-order valence-corrected chi connectivity index (χ3v) is 6.76. The summed E-state index contributed by atoms with van der Waals surface area (Å²) in [5, 5.41) is 4.45. The molecule has 1 heterocycles. The Morgan fingerprint density at radius 1 is 1.08 bits per heavy atom. The summed E-state index contributed by atoms with van der Waals surface area (Å²) in [6, 6.07) is 5.53. The van der Waals surface area contributed by atoms with Gasteiger partial charge in [0.15, 0.2) is 9.84 Å². The van der Waals surface area contributed by atoms with Crippen molar-refractivity contribution in [1.82, 2.24) is 9.97 Å². The molecule has 0 saturated heterocycles. The van der Waals surface area contributed by atoms with Crippen LogP contribution in [-0.2, 0) is 9.84 Å². The predicted molar refractivity (Wildman–Crippen MR) is 94.7 cm³/mol. The zero-order valence-electron chi connectivity index (χ0n) is 13.9. The maximum absolute atomic E-state index is 11.9. The molecule has 2 aromatic rings. The lowest BCUT2D eigenvalue weighted by Gasteiger charge is -2.43. The molecule has 1 aromatic heterocycles. The van der Waals surface area contributed by atoms with Crippen molar-refractivity contribution in [2.24, 2.45) is 11.8 Å². The minimum Gasteiger partial charge on any atom is -0.366 e. The number of nitrogens with zero attached hydrogens (tertiary/aromatic N) is 2. The van der Waals surface area contributed by atoms with Crippen molar-refractivity contribution in [3.8, 4) is 0 Å². The molecule has 2 fully saturated rings. The highest BCUT2D eigenvalue weighted by molar-refractivity contribution is 7.90. The number of aromatic nitrogens is 2. The van der Waals surface area contributed by atoms with Crippen molar-refractivity contribution in [3.63, 3.8) is 0 Å². The van der Waals surface area contributed by atoms with Gasteiger partial charge in [0, 0.05) is 17.7 Å². The molecule has 0 unspecified atom stereocenters. The number of benzene rings is 1. The van der Waals surface area contributed by atoms with Crippen LogP contribution in [0.15, 0.2) is 29.4 Å². The molecule has 2 saturated carbocycles. The summed E-state index contributed by atoms with van der Waals surface area (Å²) in [6.07, 6.45) is 10.6. The van der Waals surface area contributed by atoms with Gasteiger partial charge in [-0.25, -0.2) is 18.4 Å². The van der Waals surface area contributed by atoms with Gasteiger partial charge in [0.25, 0.3) is 0 Å². The summed E-state index contributed by atoms with van der Waals surface area (Å²) in [7, 11) is -3.24. The summed E-state index contributed by atoms with van der Waals surface area (Å²) in [5.74, 6) is 2.21. The molecule has 0 radical (unpaired) electrons. The quantitative estimate of drug-likeness (QED) is 0.899. The standard InChI is InChI=1S/C18H23N3O2S/c1-24(22,23)14-8-9-16-15(10-14)18(20-11-19-16)21-17(12-4-2-5-12)13-6-3-7-13/h8-13,17H,2-7H2,1H3,(H,19,20,21). The van der Waals surface area contributed by atoms with Crippen LogP contribution in [-0.4, -0.2) is 30.7 Å². The average molecular weight is 345 g/mol. The minimum absolute atomic E-state index is 0.316. The fourth-order valence-electron chi connectivity index (χ4n) is 3.76.